The molecule has 0 unspecified atom stereocenters. The van der Waals surface area contributed by atoms with Crippen molar-refractivity contribution in [3.05, 3.63) is 21.9 Å². The van der Waals surface area contributed by atoms with E-state index in [2.05, 4.69) is 15.9 Å². The van der Waals surface area contributed by atoms with Crippen LogP contribution in [0.5, 0.6) is 0 Å². The number of hydrogen-bond acceptors (Lipinski definition) is 2. The molecule has 0 saturated carbocycles. The largest absolute Gasteiger partial charge is 0.387 e. The highest BCUT2D eigenvalue weighted by Gasteiger charge is 2.06. The van der Waals surface area contributed by atoms with Gasteiger partial charge in [-0.3, -0.25) is 0 Å². The van der Waals surface area contributed by atoms with Gasteiger partial charge in [0.25, 0.3) is 0 Å². The van der Waals surface area contributed by atoms with E-state index >= 15 is 0 Å². The zero-order valence-corrected chi connectivity index (χ0v) is 8.08. The van der Waals surface area contributed by atoms with Crippen molar-refractivity contribution in [3.8, 4) is 0 Å². The fourth-order valence-electron chi connectivity index (χ4n) is 0.709. The zero-order valence-electron chi connectivity index (χ0n) is 5.67. The molecular weight excluding hydrogens is 212 g/mol. The molecule has 0 aliphatic heterocycles. The molecule has 1 rings (SSSR count). The zero-order chi connectivity index (χ0) is 7.56. The van der Waals surface area contributed by atoms with E-state index in [0.717, 1.165) is 4.88 Å². The lowest BCUT2D eigenvalue weighted by Crippen LogP contribution is -1.93. The van der Waals surface area contributed by atoms with Crippen molar-refractivity contribution < 1.29 is 5.11 Å². The molecule has 10 heavy (non-hydrogen) atoms. The van der Waals surface area contributed by atoms with E-state index in [1.807, 2.05) is 19.1 Å². The molecule has 0 aliphatic rings. The molecule has 0 radical (unpaired) electrons. The Morgan fingerprint density at radius 2 is 2.40 bits per heavy atom. The molecule has 0 aromatic carbocycles. The number of rotatable bonds is 2. The number of aryl methyl sites for hydroxylation is 1. The maximum atomic E-state index is 9.31. The van der Waals surface area contributed by atoms with Crippen LogP contribution < -0.4 is 0 Å². The molecule has 0 saturated heterocycles. The van der Waals surface area contributed by atoms with Gasteiger partial charge in [-0.05, 0) is 19.1 Å². The number of halogens is 1. The molecule has 0 bridgehead atoms. The summed E-state index contributed by atoms with van der Waals surface area (Å²) in [5.74, 6) is 0. The summed E-state index contributed by atoms with van der Waals surface area (Å²) in [6, 6.07) is 3.98. The van der Waals surface area contributed by atoms with E-state index in [4.69, 9.17) is 0 Å². The van der Waals surface area contributed by atoms with E-state index in [1.54, 1.807) is 11.3 Å². The summed E-state index contributed by atoms with van der Waals surface area (Å²) in [5.41, 5.74) is 0. The summed E-state index contributed by atoms with van der Waals surface area (Å²) in [4.78, 5) is 2.28. The van der Waals surface area contributed by atoms with E-state index in [9.17, 15) is 5.11 Å². The fourth-order valence-corrected chi connectivity index (χ4v) is 2.13. The minimum absolute atomic E-state index is 0.335. The number of aliphatic hydroxyl groups excluding tert-OH is 1. The summed E-state index contributed by atoms with van der Waals surface area (Å²) < 4.78 is 0. The normalized spacial score (nSPS) is 13.5. The van der Waals surface area contributed by atoms with Gasteiger partial charge < -0.3 is 5.11 Å². The van der Waals surface area contributed by atoms with Crippen LogP contribution in [0.4, 0.5) is 0 Å². The highest BCUT2D eigenvalue weighted by molar-refractivity contribution is 9.09. The van der Waals surface area contributed by atoms with Gasteiger partial charge in [0.15, 0.2) is 0 Å². The van der Waals surface area contributed by atoms with E-state index in [-0.39, 0.29) is 6.10 Å². The monoisotopic (exact) mass is 220 g/mol. The standard InChI is InChI=1S/C7H9BrOS/c1-5-2-3-7(10-5)6(9)4-8/h2-3,6,9H,4H2,1H3/t6-/m1/s1. The summed E-state index contributed by atoms with van der Waals surface area (Å²) >= 11 is 4.86. The summed E-state index contributed by atoms with van der Waals surface area (Å²) in [7, 11) is 0. The van der Waals surface area contributed by atoms with Crippen molar-refractivity contribution in [1.82, 2.24) is 0 Å². The molecule has 1 aromatic heterocycles. The Kier molecular flexibility index (Phi) is 2.89. The van der Waals surface area contributed by atoms with Crippen molar-refractivity contribution in [2.75, 3.05) is 5.33 Å². The molecule has 0 spiro atoms. The van der Waals surface area contributed by atoms with Crippen molar-refractivity contribution >= 4 is 27.3 Å². The Morgan fingerprint density at radius 1 is 1.70 bits per heavy atom. The van der Waals surface area contributed by atoms with Crippen LogP contribution in [0, 0.1) is 6.92 Å². The van der Waals surface area contributed by atoms with Gasteiger partial charge in [0.1, 0.15) is 0 Å². The molecule has 0 aliphatic carbocycles. The van der Waals surface area contributed by atoms with Crippen molar-refractivity contribution in [1.29, 1.82) is 0 Å². The number of alkyl halides is 1. The van der Waals surface area contributed by atoms with Gasteiger partial charge in [-0.15, -0.1) is 11.3 Å². The second-order valence-corrected chi connectivity index (χ2v) is 4.09. The highest BCUT2D eigenvalue weighted by atomic mass is 79.9. The summed E-state index contributed by atoms with van der Waals surface area (Å²) in [5, 5.41) is 9.92. The lowest BCUT2D eigenvalue weighted by Gasteiger charge is -2.00. The van der Waals surface area contributed by atoms with Crippen LogP contribution >= 0.6 is 27.3 Å². The second kappa shape index (κ2) is 3.51. The molecule has 1 N–H and O–H groups in total. The van der Waals surface area contributed by atoms with Crippen LogP contribution in [0.15, 0.2) is 12.1 Å². The minimum atomic E-state index is -0.335. The Morgan fingerprint density at radius 3 is 2.80 bits per heavy atom. The maximum absolute atomic E-state index is 9.31. The first-order valence-corrected chi connectivity index (χ1v) is 4.98. The first-order valence-electron chi connectivity index (χ1n) is 3.04. The van der Waals surface area contributed by atoms with Gasteiger partial charge in [-0.2, -0.15) is 0 Å². The average Bonchev–Trinajstić information content (AvgIpc) is 2.34. The van der Waals surface area contributed by atoms with Crippen LogP contribution in [-0.2, 0) is 0 Å². The number of thiophene rings is 1. The van der Waals surface area contributed by atoms with Gasteiger partial charge in [0.2, 0.25) is 0 Å². The van der Waals surface area contributed by atoms with Gasteiger partial charge in [-0.1, -0.05) is 15.9 Å². The Balaban J connectivity index is 2.74. The lowest BCUT2D eigenvalue weighted by atomic mass is 10.3. The predicted octanol–water partition coefficient (Wildman–Crippen LogP) is 2.48. The van der Waals surface area contributed by atoms with Crippen LogP contribution in [0.25, 0.3) is 0 Å². The van der Waals surface area contributed by atoms with Gasteiger partial charge >= 0.3 is 0 Å². The molecule has 1 atom stereocenters. The molecule has 1 aromatic rings. The van der Waals surface area contributed by atoms with E-state index in [0.29, 0.717) is 5.33 Å². The molecule has 1 heterocycles. The molecule has 0 amide bonds. The highest BCUT2D eigenvalue weighted by Crippen LogP contribution is 2.23. The first kappa shape index (κ1) is 8.24. The van der Waals surface area contributed by atoms with Crippen LogP contribution in [0.2, 0.25) is 0 Å². The van der Waals surface area contributed by atoms with Crippen LogP contribution in [0.3, 0.4) is 0 Å². The van der Waals surface area contributed by atoms with Crippen LogP contribution in [0.1, 0.15) is 15.9 Å². The second-order valence-electron chi connectivity index (χ2n) is 2.12. The van der Waals surface area contributed by atoms with Crippen molar-refractivity contribution in [2.45, 2.75) is 13.0 Å². The van der Waals surface area contributed by atoms with Gasteiger partial charge in [0.05, 0.1) is 6.10 Å². The minimum Gasteiger partial charge on any atom is -0.387 e. The molecule has 3 heteroatoms. The maximum Gasteiger partial charge on any atom is 0.0978 e. The van der Waals surface area contributed by atoms with Crippen LogP contribution in [-0.4, -0.2) is 10.4 Å². The smallest absolute Gasteiger partial charge is 0.0978 e. The fraction of sp³-hybridized carbons (Fsp3) is 0.429. The molecular formula is C7H9BrOS. The molecule has 0 fully saturated rings. The Labute approximate surface area is 72.8 Å². The third kappa shape index (κ3) is 1.81. The van der Waals surface area contributed by atoms with Gasteiger partial charge in [-0.25, -0.2) is 0 Å². The number of aliphatic hydroxyl groups is 1. The van der Waals surface area contributed by atoms with E-state index < -0.39 is 0 Å². The predicted molar refractivity (Wildman–Crippen MR) is 47.8 cm³/mol. The Bertz CT molecular complexity index is 209. The molecule has 56 valence electrons. The topological polar surface area (TPSA) is 20.2 Å². The third-order valence-corrected chi connectivity index (χ3v) is 2.95. The lowest BCUT2D eigenvalue weighted by molar-refractivity contribution is 0.209. The Hall–Kier alpha value is 0.140. The average molecular weight is 221 g/mol. The van der Waals surface area contributed by atoms with Crippen molar-refractivity contribution in [3.63, 3.8) is 0 Å². The third-order valence-electron chi connectivity index (χ3n) is 1.24. The first-order chi connectivity index (χ1) is 4.74. The SMILES string of the molecule is Cc1ccc([C@H](O)CBr)s1. The van der Waals surface area contributed by atoms with Crippen molar-refractivity contribution in [2.24, 2.45) is 0 Å². The van der Waals surface area contributed by atoms with E-state index in [1.165, 1.54) is 4.88 Å². The molecule has 1 nitrogen and oxygen atoms in total. The summed E-state index contributed by atoms with van der Waals surface area (Å²) in [6.07, 6.45) is -0.335. The van der Waals surface area contributed by atoms with Gasteiger partial charge in [0, 0.05) is 15.1 Å². The quantitative estimate of drug-likeness (QED) is 0.760. The number of hydrogen-bond donors (Lipinski definition) is 1. The summed E-state index contributed by atoms with van der Waals surface area (Å²) in [6.45, 7) is 2.04.